The summed E-state index contributed by atoms with van der Waals surface area (Å²) in [7, 11) is 0. The molecule has 4 fully saturated rings. The van der Waals surface area contributed by atoms with Gasteiger partial charge in [-0.1, -0.05) is 6.58 Å². The first-order chi connectivity index (χ1) is 18.9. The zero-order valence-electron chi connectivity index (χ0n) is 22.2. The molecule has 11 nitrogen and oxygen atoms in total. The molecule has 40 heavy (non-hydrogen) atoms. The predicted molar refractivity (Wildman–Crippen MR) is 132 cm³/mol. The minimum atomic E-state index is -1.60. The number of ether oxygens (including phenoxy) is 5. The van der Waals surface area contributed by atoms with Gasteiger partial charge < -0.3 is 44.1 Å². The molecule has 3 saturated heterocycles. The Morgan fingerprint density at radius 2 is 1.68 bits per heavy atom. The molecule has 4 aliphatic heterocycles. The molecule has 8 rings (SSSR count). The van der Waals surface area contributed by atoms with Crippen molar-refractivity contribution in [1.82, 2.24) is 0 Å². The molecule has 4 heterocycles. The number of carbonyl (C=O) groups excluding carboxylic acids is 2. The van der Waals surface area contributed by atoms with E-state index in [9.17, 15) is 30.0 Å². The van der Waals surface area contributed by atoms with Crippen molar-refractivity contribution in [3.05, 3.63) is 45.7 Å². The van der Waals surface area contributed by atoms with Gasteiger partial charge in [-0.05, 0) is 27.2 Å². The van der Waals surface area contributed by atoms with E-state index in [2.05, 4.69) is 6.58 Å². The van der Waals surface area contributed by atoms with Gasteiger partial charge >= 0.3 is 0 Å². The van der Waals surface area contributed by atoms with Gasteiger partial charge in [-0.25, -0.2) is 0 Å². The quantitative estimate of drug-likeness (QED) is 0.396. The molecule has 0 radical (unpaired) electrons. The van der Waals surface area contributed by atoms with Gasteiger partial charge in [0.05, 0.1) is 46.7 Å². The van der Waals surface area contributed by atoms with Crippen molar-refractivity contribution < 1.29 is 53.7 Å². The van der Waals surface area contributed by atoms with Crippen molar-refractivity contribution in [2.24, 2.45) is 5.41 Å². The van der Waals surface area contributed by atoms with Crippen molar-refractivity contribution in [1.29, 1.82) is 0 Å². The maximum absolute atomic E-state index is 14.2. The lowest BCUT2D eigenvalue weighted by atomic mass is 9.61. The van der Waals surface area contributed by atoms with Crippen molar-refractivity contribution in [2.75, 3.05) is 0 Å². The number of rotatable bonds is 2. The maximum Gasteiger partial charge on any atom is 0.196 e. The van der Waals surface area contributed by atoms with E-state index < -0.39 is 89.2 Å². The largest absolute Gasteiger partial charge is 0.507 e. The minimum Gasteiger partial charge on any atom is -0.507 e. The second-order valence-electron chi connectivity index (χ2n) is 12.1. The number of aliphatic hydroxyl groups is 2. The van der Waals surface area contributed by atoms with Gasteiger partial charge in [-0.2, -0.15) is 0 Å². The van der Waals surface area contributed by atoms with Gasteiger partial charge in [-0.15, -0.1) is 0 Å². The van der Waals surface area contributed by atoms with Crippen LogP contribution in [0.15, 0.2) is 23.5 Å². The molecule has 1 aromatic rings. The number of ketones is 2. The van der Waals surface area contributed by atoms with Crippen LogP contribution in [0, 0.1) is 5.41 Å². The Morgan fingerprint density at radius 3 is 2.40 bits per heavy atom. The van der Waals surface area contributed by atoms with Gasteiger partial charge in [-0.3, -0.25) is 9.59 Å². The van der Waals surface area contributed by atoms with Crippen molar-refractivity contribution in [3.63, 3.8) is 0 Å². The fourth-order valence-electron chi connectivity index (χ4n) is 8.25. The molecule has 3 aliphatic carbocycles. The average Bonchev–Trinajstić information content (AvgIpc) is 3.14. The molecule has 11 heteroatoms. The van der Waals surface area contributed by atoms with E-state index in [4.69, 9.17) is 23.7 Å². The van der Waals surface area contributed by atoms with Crippen LogP contribution < -0.4 is 0 Å². The summed E-state index contributed by atoms with van der Waals surface area (Å²) in [5.41, 5.74) is -3.03. The highest BCUT2D eigenvalue weighted by atomic mass is 16.7. The number of phenols is 2. The predicted octanol–water partition coefficient (Wildman–Crippen LogP) is 2.01. The second kappa shape index (κ2) is 7.53. The highest BCUT2D eigenvalue weighted by Crippen LogP contribution is 2.79. The number of hydrogen-bond donors (Lipinski definition) is 4. The normalized spacial score (nSPS) is 46.0. The number of fused-ring (bicyclic) bond motifs is 5. The molecule has 4 N–H and O–H groups in total. The molecule has 0 amide bonds. The molecular formula is C29H30O11. The summed E-state index contributed by atoms with van der Waals surface area (Å²) in [5.74, 6) is -1.74. The standard InChI is InChI=1S/C29H30O11/c1-8-7-13-25(36-8)18-15(10(3)37-13)21(31)17-16(22(18)32)23(33)19-20(24(17)34)28-26(19)39-11(4)29(28,35)27(28)40-14-6-5-12(30)9(2)38-14/h9-14,25-27,30-32,35H,1,5-7H2,2-4H3/t9-,10-,11?,12-,13-,14-,25+,26?,27?,28?,29?/m0/s1. The monoisotopic (exact) mass is 554 g/mol. The molecule has 7 aliphatic rings. The fraction of sp³-hybridized carbons (Fsp3) is 0.586. The van der Waals surface area contributed by atoms with Crippen LogP contribution in [-0.4, -0.2) is 80.5 Å². The van der Waals surface area contributed by atoms with Gasteiger partial charge in [0.15, 0.2) is 24.0 Å². The maximum atomic E-state index is 14.2. The van der Waals surface area contributed by atoms with Crippen LogP contribution in [0.25, 0.3) is 0 Å². The lowest BCUT2D eigenvalue weighted by molar-refractivity contribution is -0.237. The Balaban J connectivity index is 1.23. The summed E-state index contributed by atoms with van der Waals surface area (Å²) in [5, 5.41) is 44.8. The van der Waals surface area contributed by atoms with Crippen LogP contribution in [-0.2, 0) is 23.7 Å². The van der Waals surface area contributed by atoms with Gasteiger partial charge in [0, 0.05) is 35.1 Å². The summed E-state index contributed by atoms with van der Waals surface area (Å²) >= 11 is 0. The summed E-state index contributed by atoms with van der Waals surface area (Å²) in [6.07, 6.45) is -5.11. The molecule has 11 atom stereocenters. The lowest BCUT2D eigenvalue weighted by Gasteiger charge is -2.43. The third-order valence-corrected chi connectivity index (χ3v) is 10.2. The summed E-state index contributed by atoms with van der Waals surface area (Å²) in [6.45, 7) is 8.92. The van der Waals surface area contributed by atoms with E-state index >= 15 is 0 Å². The van der Waals surface area contributed by atoms with Gasteiger partial charge in [0.1, 0.15) is 35.4 Å². The van der Waals surface area contributed by atoms with Crippen LogP contribution in [0.3, 0.4) is 0 Å². The van der Waals surface area contributed by atoms with Crippen LogP contribution in [0.4, 0.5) is 0 Å². The first-order valence-corrected chi connectivity index (χ1v) is 13.8. The SMILES string of the molecule is C=C1C[C@@H]2O[C@@H](C)c3c(O)c4c(c(O)c3[C@@H]2O1)C(=O)C1=C(C4=O)C23C1OC(C)C2(O)C3O[C@H]1CC[C@H](O)[C@H](C)O1. The molecule has 1 aromatic carbocycles. The topological polar surface area (TPSA) is 161 Å². The van der Waals surface area contributed by atoms with Crippen molar-refractivity contribution in [3.8, 4) is 11.5 Å². The smallest absolute Gasteiger partial charge is 0.196 e. The number of phenolic OH excluding ortho intramolecular Hbond substituents is 2. The summed E-state index contributed by atoms with van der Waals surface area (Å²) in [6, 6.07) is 0. The summed E-state index contributed by atoms with van der Waals surface area (Å²) in [4.78, 5) is 28.2. The van der Waals surface area contributed by atoms with Crippen LogP contribution in [0.1, 0.15) is 84.1 Å². The molecule has 0 bridgehead atoms. The van der Waals surface area contributed by atoms with Crippen LogP contribution in [0.5, 0.6) is 11.5 Å². The molecule has 1 saturated carbocycles. The van der Waals surface area contributed by atoms with E-state index in [1.165, 1.54) is 0 Å². The van der Waals surface area contributed by atoms with E-state index in [1.807, 2.05) is 0 Å². The number of benzene rings is 1. The molecule has 0 aromatic heterocycles. The number of Topliss-reactive ketones (excluding diaryl/α,β-unsaturated/α-hetero) is 2. The average molecular weight is 555 g/mol. The Bertz CT molecular complexity index is 1480. The highest BCUT2D eigenvalue weighted by molar-refractivity contribution is 6.32. The first kappa shape index (κ1) is 25.0. The molecule has 1 spiro atoms. The second-order valence-corrected chi connectivity index (χ2v) is 12.1. The summed E-state index contributed by atoms with van der Waals surface area (Å²) < 4.78 is 29.9. The first-order valence-electron chi connectivity index (χ1n) is 13.8. The number of aliphatic hydroxyl groups excluding tert-OH is 1. The van der Waals surface area contributed by atoms with Crippen LogP contribution >= 0.6 is 0 Å². The zero-order valence-corrected chi connectivity index (χ0v) is 22.2. The third kappa shape index (κ3) is 2.54. The Hall–Kier alpha value is -2.80. The molecule has 212 valence electrons. The van der Waals surface area contributed by atoms with E-state index in [0.717, 1.165) is 0 Å². The molecular weight excluding hydrogens is 524 g/mol. The lowest BCUT2D eigenvalue weighted by Crippen LogP contribution is -2.50. The van der Waals surface area contributed by atoms with Crippen molar-refractivity contribution in [2.45, 2.75) is 101 Å². The minimum absolute atomic E-state index is 0.0399. The number of aromatic hydroxyl groups is 2. The van der Waals surface area contributed by atoms with Gasteiger partial charge in [0.2, 0.25) is 0 Å². The number of hydrogen-bond acceptors (Lipinski definition) is 11. The highest BCUT2D eigenvalue weighted by Gasteiger charge is 2.94. The zero-order chi connectivity index (χ0) is 28.2. The Kier molecular flexibility index (Phi) is 4.69. The van der Waals surface area contributed by atoms with E-state index in [-0.39, 0.29) is 33.4 Å². The van der Waals surface area contributed by atoms with E-state index in [1.54, 1.807) is 20.8 Å². The third-order valence-electron chi connectivity index (χ3n) is 10.2. The Morgan fingerprint density at radius 1 is 0.975 bits per heavy atom. The number of carbonyl (C=O) groups is 2. The fourth-order valence-corrected chi connectivity index (χ4v) is 8.25. The van der Waals surface area contributed by atoms with Crippen LogP contribution in [0.2, 0.25) is 0 Å². The van der Waals surface area contributed by atoms with Gasteiger partial charge in [0.25, 0.3) is 0 Å². The molecule has 5 unspecified atom stereocenters. The van der Waals surface area contributed by atoms with Crippen molar-refractivity contribution >= 4 is 11.6 Å². The Labute approximate surface area is 228 Å². The van der Waals surface area contributed by atoms with E-state index in [0.29, 0.717) is 25.0 Å².